The van der Waals surface area contributed by atoms with Crippen molar-refractivity contribution in [1.29, 1.82) is 0 Å². The van der Waals surface area contributed by atoms with Crippen LogP contribution in [0.5, 0.6) is 0 Å². The third-order valence-electron chi connectivity index (χ3n) is 6.39. The molecule has 1 aliphatic heterocycles. The van der Waals surface area contributed by atoms with Crippen LogP contribution >= 0.6 is 7.60 Å². The molecule has 0 fully saturated rings. The van der Waals surface area contributed by atoms with E-state index in [0.29, 0.717) is 0 Å². The van der Waals surface area contributed by atoms with E-state index in [4.69, 9.17) is 13.8 Å². The number of benzene rings is 4. The lowest BCUT2D eigenvalue weighted by atomic mass is 9.80. The normalized spacial score (nSPS) is 21.5. The lowest BCUT2D eigenvalue weighted by molar-refractivity contribution is -0.0634. The standard InChI is InChI=1S/C31H29O5P/c32-29-21-22-37(33,35-23-25-13-5-1-6-14-25)36-30(29)24-34-31(26-15-7-2-8-16-26,27-17-9-3-10-18-27)28-19-11-4-12-20-28/h1-22,29-30,32H,23-24H2/t29-,30+,37-/m0/s1. The molecular weight excluding hydrogens is 483 g/mol. The number of aliphatic hydroxyl groups is 1. The fourth-order valence-corrected chi connectivity index (χ4v) is 6.02. The number of ether oxygens (including phenoxy) is 1. The maximum Gasteiger partial charge on any atom is 0.354 e. The Labute approximate surface area is 217 Å². The SMILES string of the molecule is O=[P@]1(OCc2ccccc2)C=C[C@H](O)[C@@H](COC(c2ccccc2)(c2ccccc2)c2ccccc2)O1. The quantitative estimate of drug-likeness (QED) is 0.200. The first kappa shape index (κ1) is 25.3. The Morgan fingerprint density at radius 1 is 0.730 bits per heavy atom. The molecule has 188 valence electrons. The van der Waals surface area contributed by atoms with Gasteiger partial charge in [-0.2, -0.15) is 0 Å². The first-order valence-corrected chi connectivity index (χ1v) is 13.8. The summed E-state index contributed by atoms with van der Waals surface area (Å²) >= 11 is 0. The Balaban J connectivity index is 1.45. The van der Waals surface area contributed by atoms with Gasteiger partial charge in [-0.3, -0.25) is 9.09 Å². The van der Waals surface area contributed by atoms with Gasteiger partial charge in [-0.1, -0.05) is 121 Å². The molecule has 3 atom stereocenters. The predicted octanol–water partition coefficient (Wildman–Crippen LogP) is 6.68. The molecule has 0 bridgehead atoms. The number of hydrogen-bond donors (Lipinski definition) is 1. The van der Waals surface area contributed by atoms with Crippen molar-refractivity contribution in [3.63, 3.8) is 0 Å². The van der Waals surface area contributed by atoms with Crippen LogP contribution in [0.2, 0.25) is 0 Å². The zero-order valence-electron chi connectivity index (χ0n) is 20.3. The van der Waals surface area contributed by atoms with Crippen molar-refractivity contribution in [2.45, 2.75) is 24.4 Å². The van der Waals surface area contributed by atoms with E-state index in [0.717, 1.165) is 22.3 Å². The van der Waals surface area contributed by atoms with Crippen LogP contribution in [0.3, 0.4) is 0 Å². The summed E-state index contributed by atoms with van der Waals surface area (Å²) in [5.41, 5.74) is 2.68. The van der Waals surface area contributed by atoms with Gasteiger partial charge in [0, 0.05) is 5.82 Å². The van der Waals surface area contributed by atoms with Crippen LogP contribution in [0.1, 0.15) is 22.3 Å². The van der Waals surface area contributed by atoms with Crippen molar-refractivity contribution in [3.8, 4) is 0 Å². The van der Waals surface area contributed by atoms with Crippen molar-refractivity contribution < 1.29 is 23.5 Å². The van der Waals surface area contributed by atoms with Crippen LogP contribution in [-0.2, 0) is 30.6 Å². The molecule has 1 heterocycles. The van der Waals surface area contributed by atoms with Crippen molar-refractivity contribution >= 4 is 7.60 Å². The summed E-state index contributed by atoms with van der Waals surface area (Å²) in [6.45, 7) is 0.108. The Hall–Kier alpha value is -3.31. The molecule has 0 amide bonds. The van der Waals surface area contributed by atoms with Crippen molar-refractivity contribution in [1.82, 2.24) is 0 Å². The van der Waals surface area contributed by atoms with Crippen LogP contribution in [0.25, 0.3) is 0 Å². The molecule has 4 aromatic rings. The molecule has 0 aromatic heterocycles. The molecule has 1 N–H and O–H groups in total. The maximum absolute atomic E-state index is 13.4. The van der Waals surface area contributed by atoms with E-state index in [1.807, 2.05) is 121 Å². The summed E-state index contributed by atoms with van der Waals surface area (Å²) in [6, 6.07) is 39.3. The van der Waals surface area contributed by atoms with E-state index < -0.39 is 25.4 Å². The first-order valence-electron chi connectivity index (χ1n) is 12.2. The zero-order valence-corrected chi connectivity index (χ0v) is 21.2. The van der Waals surface area contributed by atoms with Crippen molar-refractivity contribution in [3.05, 3.63) is 155 Å². The van der Waals surface area contributed by atoms with Gasteiger partial charge in [-0.25, -0.2) is 0 Å². The lowest BCUT2D eigenvalue weighted by Gasteiger charge is -2.38. The highest BCUT2D eigenvalue weighted by Gasteiger charge is 2.41. The Bertz CT molecular complexity index is 1250. The molecule has 1 aliphatic rings. The summed E-state index contributed by atoms with van der Waals surface area (Å²) in [5, 5.41) is 10.7. The molecule has 0 saturated heterocycles. The Kier molecular flexibility index (Phi) is 7.80. The van der Waals surface area contributed by atoms with Gasteiger partial charge < -0.3 is 14.4 Å². The highest BCUT2D eigenvalue weighted by atomic mass is 31.2. The van der Waals surface area contributed by atoms with Crippen LogP contribution in [0.4, 0.5) is 0 Å². The van der Waals surface area contributed by atoms with E-state index >= 15 is 0 Å². The lowest BCUT2D eigenvalue weighted by Crippen LogP contribution is -2.40. The number of hydrogen-bond acceptors (Lipinski definition) is 5. The first-order chi connectivity index (χ1) is 18.1. The van der Waals surface area contributed by atoms with Gasteiger partial charge in [0.2, 0.25) is 0 Å². The van der Waals surface area contributed by atoms with Gasteiger partial charge in [0.25, 0.3) is 0 Å². The Morgan fingerprint density at radius 2 is 1.19 bits per heavy atom. The highest BCUT2D eigenvalue weighted by Crippen LogP contribution is 2.54. The monoisotopic (exact) mass is 512 g/mol. The fraction of sp³-hybridized carbons (Fsp3) is 0.161. The van der Waals surface area contributed by atoms with Crippen LogP contribution in [-0.4, -0.2) is 23.9 Å². The van der Waals surface area contributed by atoms with Crippen LogP contribution < -0.4 is 0 Å². The average Bonchev–Trinajstić information content (AvgIpc) is 2.97. The third-order valence-corrected chi connectivity index (χ3v) is 7.98. The van der Waals surface area contributed by atoms with Gasteiger partial charge in [0.1, 0.15) is 17.8 Å². The van der Waals surface area contributed by atoms with E-state index in [9.17, 15) is 9.67 Å². The highest BCUT2D eigenvalue weighted by molar-refractivity contribution is 7.57. The molecule has 4 aromatic carbocycles. The third kappa shape index (κ3) is 5.67. The summed E-state index contributed by atoms with van der Waals surface area (Å²) in [6.07, 6.45) is -0.414. The minimum Gasteiger partial charge on any atom is -0.386 e. The summed E-state index contributed by atoms with van der Waals surface area (Å²) in [7, 11) is -3.59. The fourth-order valence-electron chi connectivity index (χ4n) is 4.52. The second-order valence-corrected chi connectivity index (χ2v) is 10.7. The van der Waals surface area contributed by atoms with Gasteiger partial charge in [0.05, 0.1) is 13.2 Å². The van der Waals surface area contributed by atoms with Gasteiger partial charge in [-0.05, 0) is 28.3 Å². The summed E-state index contributed by atoms with van der Waals surface area (Å²) in [4.78, 5) is 0. The zero-order chi connectivity index (χ0) is 25.6. The minimum absolute atomic E-state index is 0.0249. The van der Waals surface area contributed by atoms with E-state index in [1.165, 1.54) is 11.9 Å². The molecule has 37 heavy (non-hydrogen) atoms. The Morgan fingerprint density at radius 3 is 1.68 bits per heavy atom. The van der Waals surface area contributed by atoms with Crippen LogP contribution in [0, 0.1) is 0 Å². The topological polar surface area (TPSA) is 65.0 Å². The second-order valence-electron chi connectivity index (χ2n) is 8.87. The molecule has 0 radical (unpaired) electrons. The minimum atomic E-state index is -3.59. The van der Waals surface area contributed by atoms with E-state index in [1.54, 1.807) is 0 Å². The molecule has 6 heteroatoms. The van der Waals surface area contributed by atoms with Crippen LogP contribution in [0.15, 0.2) is 133 Å². The summed E-state index contributed by atoms with van der Waals surface area (Å²) < 4.78 is 31.7. The maximum atomic E-state index is 13.4. The van der Waals surface area contributed by atoms with E-state index in [2.05, 4.69) is 0 Å². The summed E-state index contributed by atoms with van der Waals surface area (Å²) in [5.74, 6) is 1.33. The van der Waals surface area contributed by atoms with E-state index in [-0.39, 0.29) is 13.2 Å². The molecule has 0 unspecified atom stereocenters. The molecule has 0 saturated carbocycles. The van der Waals surface area contributed by atoms with Crippen molar-refractivity contribution in [2.75, 3.05) is 6.61 Å². The average molecular weight is 513 g/mol. The molecule has 5 nitrogen and oxygen atoms in total. The number of aliphatic hydroxyl groups excluding tert-OH is 1. The molecule has 0 spiro atoms. The number of rotatable bonds is 9. The van der Waals surface area contributed by atoms with Gasteiger partial charge in [0.15, 0.2) is 0 Å². The predicted molar refractivity (Wildman–Crippen MR) is 144 cm³/mol. The molecule has 5 rings (SSSR count). The van der Waals surface area contributed by atoms with Gasteiger partial charge in [-0.15, -0.1) is 0 Å². The molecule has 0 aliphatic carbocycles. The van der Waals surface area contributed by atoms with Gasteiger partial charge >= 0.3 is 7.60 Å². The van der Waals surface area contributed by atoms with Crippen molar-refractivity contribution in [2.24, 2.45) is 0 Å². The smallest absolute Gasteiger partial charge is 0.354 e. The second kappa shape index (κ2) is 11.4. The molecular formula is C31H29O5P. The largest absolute Gasteiger partial charge is 0.386 e.